The Labute approximate surface area is 94.4 Å². The minimum Gasteiger partial charge on any atom is -0.123 e. The van der Waals surface area contributed by atoms with Gasteiger partial charge in [-0.15, -0.1) is 11.6 Å². The van der Waals surface area contributed by atoms with Gasteiger partial charge in [-0.3, -0.25) is 0 Å². The summed E-state index contributed by atoms with van der Waals surface area (Å²) in [7, 11) is 0. The fourth-order valence-corrected chi connectivity index (χ4v) is 3.16. The molecular weight excluding hydrogens is 192 g/mol. The third-order valence-electron chi connectivity index (χ3n) is 3.64. The minimum absolute atomic E-state index is 0.463. The van der Waals surface area contributed by atoms with Crippen molar-refractivity contribution in [3.05, 3.63) is 0 Å². The molecule has 1 aliphatic carbocycles. The summed E-state index contributed by atoms with van der Waals surface area (Å²) < 4.78 is 0. The molecule has 0 spiro atoms. The molecular formula is C13H25Cl. The summed E-state index contributed by atoms with van der Waals surface area (Å²) in [5.74, 6) is 2.57. The van der Waals surface area contributed by atoms with Crippen LogP contribution in [0.4, 0.5) is 0 Å². The van der Waals surface area contributed by atoms with Gasteiger partial charge in [-0.1, -0.05) is 33.6 Å². The van der Waals surface area contributed by atoms with Crippen LogP contribution in [-0.2, 0) is 0 Å². The van der Waals surface area contributed by atoms with Crippen LogP contribution in [0.25, 0.3) is 0 Å². The maximum absolute atomic E-state index is 6.39. The molecule has 84 valence electrons. The molecule has 0 N–H and O–H groups in total. The Balaban J connectivity index is 2.33. The second kappa shape index (κ2) is 6.00. The Bertz CT molecular complexity index is 155. The summed E-state index contributed by atoms with van der Waals surface area (Å²) in [5.41, 5.74) is 0. The molecule has 1 heteroatoms. The molecule has 0 amide bonds. The lowest BCUT2D eigenvalue weighted by molar-refractivity contribution is 0.244. The van der Waals surface area contributed by atoms with Gasteiger partial charge in [0.05, 0.1) is 0 Å². The van der Waals surface area contributed by atoms with Crippen LogP contribution in [-0.4, -0.2) is 5.38 Å². The molecule has 0 aromatic rings. The number of hydrogen-bond acceptors (Lipinski definition) is 0. The largest absolute Gasteiger partial charge is 0.123 e. The molecule has 4 atom stereocenters. The van der Waals surface area contributed by atoms with Crippen molar-refractivity contribution in [2.45, 2.75) is 64.7 Å². The highest BCUT2D eigenvalue weighted by Gasteiger charge is 2.27. The van der Waals surface area contributed by atoms with Gasteiger partial charge in [0.2, 0.25) is 0 Å². The maximum Gasteiger partial charge on any atom is 0.0364 e. The van der Waals surface area contributed by atoms with E-state index in [4.69, 9.17) is 11.6 Å². The lowest BCUT2D eigenvalue weighted by Gasteiger charge is -2.32. The van der Waals surface area contributed by atoms with Gasteiger partial charge in [0.25, 0.3) is 0 Å². The third-order valence-corrected chi connectivity index (χ3v) is 4.21. The predicted octanol–water partition coefficient (Wildman–Crippen LogP) is 4.86. The summed E-state index contributed by atoms with van der Waals surface area (Å²) >= 11 is 6.39. The van der Waals surface area contributed by atoms with E-state index in [0.717, 1.165) is 17.8 Å². The summed E-state index contributed by atoms with van der Waals surface area (Å²) in [6, 6.07) is 0. The van der Waals surface area contributed by atoms with E-state index in [-0.39, 0.29) is 0 Å². The van der Waals surface area contributed by atoms with Crippen molar-refractivity contribution in [2.75, 3.05) is 0 Å². The average molecular weight is 217 g/mol. The number of hydrogen-bond donors (Lipinski definition) is 0. The van der Waals surface area contributed by atoms with E-state index in [1.165, 1.54) is 38.5 Å². The second-order valence-corrected chi connectivity index (χ2v) is 5.88. The SMILES string of the molecule is CCCC(C)CC1CC(C)CCC1Cl. The lowest BCUT2D eigenvalue weighted by Crippen LogP contribution is -2.25. The Hall–Kier alpha value is 0.290. The van der Waals surface area contributed by atoms with Gasteiger partial charge < -0.3 is 0 Å². The van der Waals surface area contributed by atoms with Crippen LogP contribution < -0.4 is 0 Å². The van der Waals surface area contributed by atoms with Crippen molar-refractivity contribution in [1.82, 2.24) is 0 Å². The molecule has 4 unspecified atom stereocenters. The van der Waals surface area contributed by atoms with E-state index in [9.17, 15) is 0 Å². The summed E-state index contributed by atoms with van der Waals surface area (Å²) in [4.78, 5) is 0. The molecule has 0 aromatic heterocycles. The molecule has 1 fully saturated rings. The van der Waals surface area contributed by atoms with Gasteiger partial charge in [0.1, 0.15) is 0 Å². The van der Waals surface area contributed by atoms with Gasteiger partial charge in [0.15, 0.2) is 0 Å². The lowest BCUT2D eigenvalue weighted by atomic mass is 9.77. The van der Waals surface area contributed by atoms with Crippen LogP contribution in [0.3, 0.4) is 0 Å². The van der Waals surface area contributed by atoms with Gasteiger partial charge in [0, 0.05) is 5.38 Å². The van der Waals surface area contributed by atoms with E-state index in [1.54, 1.807) is 0 Å². The monoisotopic (exact) mass is 216 g/mol. The van der Waals surface area contributed by atoms with Crippen molar-refractivity contribution in [1.29, 1.82) is 0 Å². The summed E-state index contributed by atoms with van der Waals surface area (Å²) in [5, 5.41) is 0.463. The van der Waals surface area contributed by atoms with E-state index in [1.807, 2.05) is 0 Å². The van der Waals surface area contributed by atoms with Crippen LogP contribution in [0.5, 0.6) is 0 Å². The summed E-state index contributed by atoms with van der Waals surface area (Å²) in [6.45, 7) is 7.03. The maximum atomic E-state index is 6.39. The minimum atomic E-state index is 0.463. The van der Waals surface area contributed by atoms with Gasteiger partial charge in [-0.05, 0) is 43.4 Å². The standard InChI is InChI=1S/C13H25Cl/c1-4-5-10(2)8-12-9-11(3)6-7-13(12)14/h10-13H,4-9H2,1-3H3. The molecule has 0 nitrogen and oxygen atoms in total. The van der Waals surface area contributed by atoms with E-state index in [2.05, 4.69) is 20.8 Å². The molecule has 0 saturated heterocycles. The number of rotatable bonds is 4. The topological polar surface area (TPSA) is 0 Å². The molecule has 0 aliphatic heterocycles. The Morgan fingerprint density at radius 1 is 1.36 bits per heavy atom. The van der Waals surface area contributed by atoms with E-state index >= 15 is 0 Å². The average Bonchev–Trinajstić information content (AvgIpc) is 2.12. The fourth-order valence-electron chi connectivity index (χ4n) is 2.83. The zero-order chi connectivity index (χ0) is 10.6. The zero-order valence-electron chi connectivity index (χ0n) is 9.93. The molecule has 1 rings (SSSR count). The number of halogens is 1. The van der Waals surface area contributed by atoms with Gasteiger partial charge >= 0.3 is 0 Å². The van der Waals surface area contributed by atoms with Crippen LogP contribution in [0, 0.1) is 17.8 Å². The van der Waals surface area contributed by atoms with Crippen molar-refractivity contribution in [2.24, 2.45) is 17.8 Å². The normalized spacial score (nSPS) is 35.6. The molecule has 0 bridgehead atoms. The van der Waals surface area contributed by atoms with Gasteiger partial charge in [-0.2, -0.15) is 0 Å². The van der Waals surface area contributed by atoms with Crippen LogP contribution in [0.1, 0.15) is 59.3 Å². The zero-order valence-corrected chi connectivity index (χ0v) is 10.7. The third kappa shape index (κ3) is 3.81. The Kier molecular flexibility index (Phi) is 5.30. The summed E-state index contributed by atoms with van der Waals surface area (Å²) in [6.07, 6.45) is 7.98. The predicted molar refractivity (Wildman–Crippen MR) is 64.8 cm³/mol. The Morgan fingerprint density at radius 3 is 2.71 bits per heavy atom. The van der Waals surface area contributed by atoms with Crippen molar-refractivity contribution in [3.63, 3.8) is 0 Å². The van der Waals surface area contributed by atoms with Crippen molar-refractivity contribution >= 4 is 11.6 Å². The second-order valence-electron chi connectivity index (χ2n) is 5.32. The molecule has 0 aromatic carbocycles. The first kappa shape index (κ1) is 12.4. The van der Waals surface area contributed by atoms with E-state index in [0.29, 0.717) is 5.38 Å². The highest BCUT2D eigenvalue weighted by atomic mass is 35.5. The van der Waals surface area contributed by atoms with Crippen molar-refractivity contribution < 1.29 is 0 Å². The molecule has 1 saturated carbocycles. The highest BCUT2D eigenvalue weighted by molar-refractivity contribution is 6.20. The van der Waals surface area contributed by atoms with Crippen LogP contribution in [0.2, 0.25) is 0 Å². The first-order valence-corrected chi connectivity index (χ1v) is 6.71. The fraction of sp³-hybridized carbons (Fsp3) is 1.00. The smallest absolute Gasteiger partial charge is 0.0364 e. The molecule has 14 heavy (non-hydrogen) atoms. The quantitative estimate of drug-likeness (QED) is 0.589. The molecule has 0 heterocycles. The van der Waals surface area contributed by atoms with Crippen LogP contribution in [0.15, 0.2) is 0 Å². The molecule has 0 radical (unpaired) electrons. The van der Waals surface area contributed by atoms with E-state index < -0.39 is 0 Å². The first-order chi connectivity index (χ1) is 6.63. The Morgan fingerprint density at radius 2 is 2.07 bits per heavy atom. The van der Waals surface area contributed by atoms with Gasteiger partial charge in [-0.25, -0.2) is 0 Å². The van der Waals surface area contributed by atoms with Crippen molar-refractivity contribution in [3.8, 4) is 0 Å². The number of alkyl halides is 1. The highest BCUT2D eigenvalue weighted by Crippen LogP contribution is 2.36. The molecule has 1 aliphatic rings. The van der Waals surface area contributed by atoms with Crippen LogP contribution >= 0.6 is 11.6 Å². The first-order valence-electron chi connectivity index (χ1n) is 6.27.